The van der Waals surface area contributed by atoms with Crippen LogP contribution in [-0.4, -0.2) is 71.6 Å². The van der Waals surface area contributed by atoms with Gasteiger partial charge in [0.25, 0.3) is 5.91 Å². The first kappa shape index (κ1) is 17.4. The lowest BCUT2D eigenvalue weighted by Crippen LogP contribution is -2.55. The highest BCUT2D eigenvalue weighted by atomic mass is 32.3. The summed E-state index contributed by atoms with van der Waals surface area (Å²) in [5.74, 6) is 0.228. The molecule has 0 spiro atoms. The van der Waals surface area contributed by atoms with E-state index in [0.717, 1.165) is 25.9 Å². The van der Waals surface area contributed by atoms with Crippen molar-refractivity contribution in [1.29, 1.82) is 0 Å². The van der Waals surface area contributed by atoms with Crippen LogP contribution in [0.5, 0.6) is 0 Å². The van der Waals surface area contributed by atoms with Crippen molar-refractivity contribution in [3.05, 3.63) is 0 Å². The summed E-state index contributed by atoms with van der Waals surface area (Å²) in [6, 6.07) is -1.87. The average molecular weight is 362 g/mol. The van der Waals surface area contributed by atoms with Gasteiger partial charge in [0.05, 0.1) is 6.04 Å². The summed E-state index contributed by atoms with van der Waals surface area (Å²) >= 11 is 0. The molecule has 11 heteroatoms. The Bertz CT molecular complexity index is 626. The molecule has 3 atom stereocenters. The number of nitrogens with zero attached hydrogens (tertiary/aromatic N) is 3. The number of hydrogen-bond donors (Lipinski definition) is 2. The summed E-state index contributed by atoms with van der Waals surface area (Å²) in [5.41, 5.74) is 2.86. The molecule has 3 aliphatic rings. The number of hydroxylamine groups is 2. The van der Waals surface area contributed by atoms with Gasteiger partial charge in [0.15, 0.2) is 0 Å². The highest BCUT2D eigenvalue weighted by Crippen LogP contribution is 2.30. The van der Waals surface area contributed by atoms with Crippen LogP contribution in [0.1, 0.15) is 32.6 Å². The maximum Gasteiger partial charge on any atom is 0.418 e. The Hall–Kier alpha value is -1.43. The van der Waals surface area contributed by atoms with Crippen LogP contribution < -0.4 is 5.43 Å². The van der Waals surface area contributed by atoms with E-state index in [1.807, 2.05) is 5.01 Å². The van der Waals surface area contributed by atoms with Gasteiger partial charge < -0.3 is 4.90 Å². The SMILES string of the molecule is CC1CCCN(NC(=O)[C@@H]2CCC3CN2C(=O)N3OS(=O)(=O)O)C1. The van der Waals surface area contributed by atoms with Crippen LogP contribution in [0.15, 0.2) is 0 Å². The lowest BCUT2D eigenvalue weighted by atomic mass is 10.00. The zero-order chi connectivity index (χ0) is 17.5. The van der Waals surface area contributed by atoms with Crippen LogP contribution in [0, 0.1) is 5.92 Å². The van der Waals surface area contributed by atoms with Gasteiger partial charge in [-0.25, -0.2) is 9.80 Å². The third-order valence-corrected chi connectivity index (χ3v) is 5.07. The monoisotopic (exact) mass is 362 g/mol. The molecule has 3 aliphatic heterocycles. The average Bonchev–Trinajstić information content (AvgIpc) is 2.71. The van der Waals surface area contributed by atoms with E-state index in [0.29, 0.717) is 23.8 Å². The molecule has 136 valence electrons. The molecule has 0 aromatic carbocycles. The minimum absolute atomic E-state index is 0.197. The smallest absolute Gasteiger partial charge is 0.309 e. The molecule has 2 unspecified atom stereocenters. The van der Waals surface area contributed by atoms with Crippen LogP contribution in [0.25, 0.3) is 0 Å². The third kappa shape index (κ3) is 3.63. The molecule has 3 amide bonds. The Kier molecular flexibility index (Phi) is 4.69. The molecular weight excluding hydrogens is 340 g/mol. The fraction of sp³-hybridized carbons (Fsp3) is 0.846. The maximum absolute atomic E-state index is 12.5. The van der Waals surface area contributed by atoms with E-state index in [2.05, 4.69) is 16.6 Å². The molecule has 0 aromatic heterocycles. The summed E-state index contributed by atoms with van der Waals surface area (Å²) in [5, 5.41) is 2.52. The largest absolute Gasteiger partial charge is 0.418 e. The predicted molar refractivity (Wildman–Crippen MR) is 81.5 cm³/mol. The quantitative estimate of drug-likeness (QED) is 0.662. The van der Waals surface area contributed by atoms with Gasteiger partial charge in [-0.05, 0) is 31.6 Å². The van der Waals surface area contributed by atoms with Gasteiger partial charge in [0.1, 0.15) is 6.04 Å². The van der Waals surface area contributed by atoms with Gasteiger partial charge in [-0.15, -0.1) is 4.28 Å². The number of amides is 3. The minimum Gasteiger partial charge on any atom is -0.309 e. The molecular formula is C13H22N4O6S. The van der Waals surface area contributed by atoms with Gasteiger partial charge in [0, 0.05) is 19.6 Å². The van der Waals surface area contributed by atoms with Crippen molar-refractivity contribution in [3.63, 3.8) is 0 Å². The summed E-state index contributed by atoms with van der Waals surface area (Å²) in [4.78, 5) is 26.1. The van der Waals surface area contributed by atoms with Crippen LogP contribution in [0.4, 0.5) is 4.79 Å². The van der Waals surface area contributed by atoms with E-state index >= 15 is 0 Å². The molecule has 10 nitrogen and oxygen atoms in total. The molecule has 3 saturated heterocycles. The van der Waals surface area contributed by atoms with Crippen molar-refractivity contribution >= 4 is 22.3 Å². The molecule has 0 aliphatic carbocycles. The Balaban J connectivity index is 1.64. The van der Waals surface area contributed by atoms with Crippen molar-refractivity contribution in [1.82, 2.24) is 20.4 Å². The number of carbonyl (C=O) groups excluding carboxylic acids is 2. The van der Waals surface area contributed by atoms with Crippen LogP contribution in [-0.2, 0) is 19.5 Å². The number of piperidine rings is 2. The highest BCUT2D eigenvalue weighted by molar-refractivity contribution is 7.80. The number of fused-ring (bicyclic) bond motifs is 2. The lowest BCUT2D eigenvalue weighted by Gasteiger charge is -2.34. The standard InChI is InChI=1S/C13H22N4O6S/c1-9-3-2-6-15(7-9)14-12(18)11-5-4-10-8-16(11)13(19)17(10)23-24(20,21)22/h9-11H,2-8H2,1H3,(H,14,18)(H,20,21,22)/t9?,10?,11-/m0/s1. The van der Waals surface area contributed by atoms with Gasteiger partial charge in [0.2, 0.25) is 0 Å². The van der Waals surface area contributed by atoms with Crippen molar-refractivity contribution in [2.45, 2.75) is 44.7 Å². The normalized spacial score (nSPS) is 31.4. The van der Waals surface area contributed by atoms with Gasteiger partial charge in [-0.3, -0.25) is 14.8 Å². The first-order chi connectivity index (χ1) is 11.2. The molecule has 0 radical (unpaired) electrons. The van der Waals surface area contributed by atoms with Crippen molar-refractivity contribution in [3.8, 4) is 0 Å². The molecule has 2 bridgehead atoms. The van der Waals surface area contributed by atoms with Gasteiger partial charge >= 0.3 is 16.4 Å². The summed E-state index contributed by atoms with van der Waals surface area (Å²) in [6.45, 7) is 3.87. The number of nitrogens with one attached hydrogen (secondary N) is 1. The number of hydrazine groups is 1. The lowest BCUT2D eigenvalue weighted by molar-refractivity contribution is -0.131. The molecule has 24 heavy (non-hydrogen) atoms. The Labute approximate surface area is 140 Å². The molecule has 2 N–H and O–H groups in total. The molecule has 3 heterocycles. The summed E-state index contributed by atoms with van der Waals surface area (Å²) in [6.07, 6.45) is 2.97. The number of urea groups is 1. The predicted octanol–water partition coefficient (Wildman–Crippen LogP) is -0.247. The Morgan fingerprint density at radius 2 is 2.04 bits per heavy atom. The zero-order valence-corrected chi connectivity index (χ0v) is 14.2. The second-order valence-electron chi connectivity index (χ2n) is 6.68. The molecule has 3 fully saturated rings. The third-order valence-electron chi connectivity index (χ3n) is 4.73. The Morgan fingerprint density at radius 3 is 2.71 bits per heavy atom. The second-order valence-corrected chi connectivity index (χ2v) is 7.68. The second kappa shape index (κ2) is 6.47. The minimum atomic E-state index is -4.78. The van der Waals surface area contributed by atoms with Crippen molar-refractivity contribution in [2.24, 2.45) is 5.92 Å². The van der Waals surface area contributed by atoms with Gasteiger partial charge in [-0.2, -0.15) is 13.5 Å². The van der Waals surface area contributed by atoms with E-state index in [1.165, 1.54) is 4.90 Å². The van der Waals surface area contributed by atoms with E-state index < -0.39 is 28.5 Å². The molecule has 0 saturated carbocycles. The summed E-state index contributed by atoms with van der Waals surface area (Å²) in [7, 11) is -4.78. The highest BCUT2D eigenvalue weighted by Gasteiger charge is 2.49. The number of hydrogen-bond acceptors (Lipinski definition) is 6. The Morgan fingerprint density at radius 1 is 1.29 bits per heavy atom. The first-order valence-corrected chi connectivity index (χ1v) is 9.43. The van der Waals surface area contributed by atoms with Crippen molar-refractivity contribution in [2.75, 3.05) is 19.6 Å². The van der Waals surface area contributed by atoms with Crippen molar-refractivity contribution < 1.29 is 26.8 Å². The van der Waals surface area contributed by atoms with Crippen LogP contribution >= 0.6 is 0 Å². The molecule has 0 aromatic rings. The zero-order valence-electron chi connectivity index (χ0n) is 13.4. The topological polar surface area (TPSA) is 119 Å². The first-order valence-electron chi connectivity index (χ1n) is 8.07. The van der Waals surface area contributed by atoms with Crippen LogP contribution in [0.3, 0.4) is 0 Å². The van der Waals surface area contributed by atoms with E-state index in [4.69, 9.17) is 4.55 Å². The maximum atomic E-state index is 12.5. The van der Waals surface area contributed by atoms with E-state index in [-0.39, 0.29) is 12.5 Å². The van der Waals surface area contributed by atoms with Crippen LogP contribution in [0.2, 0.25) is 0 Å². The van der Waals surface area contributed by atoms with Gasteiger partial charge in [-0.1, -0.05) is 6.92 Å². The molecule has 3 rings (SSSR count). The summed E-state index contributed by atoms with van der Waals surface area (Å²) < 4.78 is 34.9. The van der Waals surface area contributed by atoms with E-state index in [1.54, 1.807) is 0 Å². The fourth-order valence-corrected chi connectivity index (χ4v) is 4.01. The number of rotatable bonds is 4. The number of carbonyl (C=O) groups is 2. The fourth-order valence-electron chi connectivity index (χ4n) is 3.63. The van der Waals surface area contributed by atoms with E-state index in [9.17, 15) is 18.0 Å².